The summed E-state index contributed by atoms with van der Waals surface area (Å²) in [6.45, 7) is 6.91. The number of thioether (sulfide) groups is 1. The minimum absolute atomic E-state index is 0.252. The zero-order valence-corrected chi connectivity index (χ0v) is 12.5. The lowest BCUT2D eigenvalue weighted by Crippen LogP contribution is -2.42. The van der Waals surface area contributed by atoms with Gasteiger partial charge < -0.3 is 10.2 Å². The lowest BCUT2D eigenvalue weighted by molar-refractivity contribution is -0.130. The van der Waals surface area contributed by atoms with Gasteiger partial charge in [0.1, 0.15) is 0 Å². The second kappa shape index (κ2) is 6.96. The Balaban J connectivity index is 1.86. The molecule has 1 fully saturated rings. The van der Waals surface area contributed by atoms with E-state index in [1.165, 1.54) is 10.5 Å². The van der Waals surface area contributed by atoms with Gasteiger partial charge in [-0.2, -0.15) is 0 Å². The number of nitrogens with one attached hydrogen (secondary N) is 1. The van der Waals surface area contributed by atoms with Crippen molar-refractivity contribution in [3.8, 4) is 0 Å². The molecule has 2 rings (SSSR count). The van der Waals surface area contributed by atoms with Crippen LogP contribution in [0.3, 0.4) is 0 Å². The fraction of sp³-hybridized carbons (Fsp3) is 0.533. The third-order valence-corrected chi connectivity index (χ3v) is 4.52. The summed E-state index contributed by atoms with van der Waals surface area (Å²) in [5.74, 6) is 0.787. The minimum Gasteiger partial charge on any atom is -0.338 e. The SMILES string of the molecule is CCN(C(=O)CSc1ccc(C)cc1)C1CCNC1. The van der Waals surface area contributed by atoms with Gasteiger partial charge >= 0.3 is 0 Å². The lowest BCUT2D eigenvalue weighted by atomic mass is 10.2. The highest BCUT2D eigenvalue weighted by molar-refractivity contribution is 8.00. The van der Waals surface area contributed by atoms with Gasteiger partial charge in [0.05, 0.1) is 5.75 Å². The highest BCUT2D eigenvalue weighted by atomic mass is 32.2. The summed E-state index contributed by atoms with van der Waals surface area (Å²) in [6.07, 6.45) is 1.08. The van der Waals surface area contributed by atoms with Crippen LogP contribution in [-0.2, 0) is 4.79 Å². The normalized spacial score (nSPS) is 18.5. The van der Waals surface area contributed by atoms with E-state index in [-0.39, 0.29) is 5.91 Å². The average molecular weight is 278 g/mol. The number of amides is 1. The number of hydrogen-bond acceptors (Lipinski definition) is 3. The molecule has 0 aliphatic carbocycles. The van der Waals surface area contributed by atoms with Crippen molar-refractivity contribution in [3.05, 3.63) is 29.8 Å². The Labute approximate surface area is 119 Å². The van der Waals surface area contributed by atoms with Crippen LogP contribution >= 0.6 is 11.8 Å². The quantitative estimate of drug-likeness (QED) is 0.839. The number of carbonyl (C=O) groups excluding carboxylic acids is 1. The molecule has 0 radical (unpaired) electrons. The van der Waals surface area contributed by atoms with Gasteiger partial charge in [-0.1, -0.05) is 17.7 Å². The number of likely N-dealkylation sites (N-methyl/N-ethyl adjacent to an activating group) is 1. The highest BCUT2D eigenvalue weighted by Crippen LogP contribution is 2.20. The van der Waals surface area contributed by atoms with E-state index in [0.29, 0.717) is 11.8 Å². The predicted molar refractivity (Wildman–Crippen MR) is 80.6 cm³/mol. The van der Waals surface area contributed by atoms with Crippen LogP contribution in [0.15, 0.2) is 29.2 Å². The van der Waals surface area contributed by atoms with Crippen molar-refractivity contribution < 1.29 is 4.79 Å². The smallest absolute Gasteiger partial charge is 0.233 e. The van der Waals surface area contributed by atoms with Crippen molar-refractivity contribution in [3.63, 3.8) is 0 Å². The summed E-state index contributed by atoms with van der Waals surface area (Å²) in [4.78, 5) is 15.5. The zero-order chi connectivity index (χ0) is 13.7. The van der Waals surface area contributed by atoms with E-state index in [4.69, 9.17) is 0 Å². The molecule has 104 valence electrons. The van der Waals surface area contributed by atoms with Crippen LogP contribution in [0.2, 0.25) is 0 Å². The third kappa shape index (κ3) is 3.98. The fourth-order valence-electron chi connectivity index (χ4n) is 2.41. The van der Waals surface area contributed by atoms with Crippen molar-refractivity contribution in [1.29, 1.82) is 0 Å². The van der Waals surface area contributed by atoms with Gasteiger partial charge in [0.2, 0.25) is 5.91 Å². The van der Waals surface area contributed by atoms with Gasteiger partial charge in [-0.05, 0) is 38.9 Å². The summed E-state index contributed by atoms with van der Waals surface area (Å²) < 4.78 is 0. The van der Waals surface area contributed by atoms with E-state index < -0.39 is 0 Å². The van der Waals surface area contributed by atoms with Crippen LogP contribution in [0, 0.1) is 6.92 Å². The van der Waals surface area contributed by atoms with Crippen molar-refractivity contribution in [2.45, 2.75) is 31.2 Å². The van der Waals surface area contributed by atoms with Gasteiger partial charge in [0, 0.05) is 24.0 Å². The molecule has 1 N–H and O–H groups in total. The molecule has 1 amide bonds. The first-order valence-corrected chi connectivity index (χ1v) is 7.89. The molecule has 1 aliphatic rings. The van der Waals surface area contributed by atoms with Crippen molar-refractivity contribution >= 4 is 17.7 Å². The monoisotopic (exact) mass is 278 g/mol. The van der Waals surface area contributed by atoms with Gasteiger partial charge in [-0.3, -0.25) is 4.79 Å². The summed E-state index contributed by atoms with van der Waals surface area (Å²) in [5.41, 5.74) is 1.25. The molecule has 1 atom stereocenters. The molecule has 1 aromatic rings. The van der Waals surface area contributed by atoms with E-state index >= 15 is 0 Å². The van der Waals surface area contributed by atoms with Crippen molar-refractivity contribution in [2.24, 2.45) is 0 Å². The molecule has 1 aliphatic heterocycles. The molecular weight excluding hydrogens is 256 g/mol. The molecule has 19 heavy (non-hydrogen) atoms. The van der Waals surface area contributed by atoms with Crippen LogP contribution in [0.25, 0.3) is 0 Å². The molecule has 0 saturated carbocycles. The molecule has 1 heterocycles. The third-order valence-electron chi connectivity index (χ3n) is 3.52. The summed E-state index contributed by atoms with van der Waals surface area (Å²) in [6, 6.07) is 8.73. The van der Waals surface area contributed by atoms with E-state index in [9.17, 15) is 4.79 Å². The second-order valence-electron chi connectivity index (χ2n) is 4.93. The van der Waals surface area contributed by atoms with Crippen LogP contribution in [0.1, 0.15) is 18.9 Å². The van der Waals surface area contributed by atoms with Crippen LogP contribution in [0.5, 0.6) is 0 Å². The second-order valence-corrected chi connectivity index (χ2v) is 5.98. The van der Waals surface area contributed by atoms with Gasteiger partial charge in [-0.25, -0.2) is 0 Å². The van der Waals surface area contributed by atoms with Gasteiger partial charge in [0.15, 0.2) is 0 Å². The first-order chi connectivity index (χ1) is 9.20. The number of nitrogens with zero attached hydrogens (tertiary/aromatic N) is 1. The molecular formula is C15H22N2OS. The molecule has 0 aromatic heterocycles. The summed E-state index contributed by atoms with van der Waals surface area (Å²) in [5, 5.41) is 3.32. The largest absolute Gasteiger partial charge is 0.338 e. The van der Waals surface area contributed by atoms with Crippen LogP contribution < -0.4 is 5.32 Å². The molecule has 1 saturated heterocycles. The first-order valence-electron chi connectivity index (χ1n) is 6.90. The van der Waals surface area contributed by atoms with Gasteiger partial charge in [0.25, 0.3) is 0 Å². The zero-order valence-electron chi connectivity index (χ0n) is 11.7. The number of benzene rings is 1. The highest BCUT2D eigenvalue weighted by Gasteiger charge is 2.24. The van der Waals surface area contributed by atoms with Crippen LogP contribution in [-0.4, -0.2) is 42.2 Å². The molecule has 0 spiro atoms. The minimum atomic E-state index is 0.252. The van der Waals surface area contributed by atoms with E-state index in [1.54, 1.807) is 11.8 Å². The Hall–Kier alpha value is -1.00. The first kappa shape index (κ1) is 14.4. The number of aryl methyl sites for hydroxylation is 1. The maximum atomic E-state index is 12.3. The summed E-state index contributed by atoms with van der Waals surface area (Å²) in [7, 11) is 0. The molecule has 1 unspecified atom stereocenters. The average Bonchev–Trinajstić information content (AvgIpc) is 2.93. The number of hydrogen-bond donors (Lipinski definition) is 1. The molecule has 1 aromatic carbocycles. The fourth-order valence-corrected chi connectivity index (χ4v) is 3.19. The molecule has 4 heteroatoms. The number of rotatable bonds is 5. The Bertz CT molecular complexity index is 413. The Kier molecular flexibility index (Phi) is 5.28. The topological polar surface area (TPSA) is 32.3 Å². The Morgan fingerprint density at radius 3 is 2.74 bits per heavy atom. The van der Waals surface area contributed by atoms with E-state index in [2.05, 4.69) is 43.4 Å². The maximum Gasteiger partial charge on any atom is 0.233 e. The van der Waals surface area contributed by atoms with Crippen LogP contribution in [0.4, 0.5) is 0 Å². The summed E-state index contributed by atoms with van der Waals surface area (Å²) >= 11 is 1.63. The molecule has 3 nitrogen and oxygen atoms in total. The van der Waals surface area contributed by atoms with E-state index in [1.807, 2.05) is 4.90 Å². The predicted octanol–water partition coefficient (Wildman–Crippen LogP) is 2.30. The Morgan fingerprint density at radius 1 is 1.42 bits per heavy atom. The van der Waals surface area contributed by atoms with Gasteiger partial charge in [-0.15, -0.1) is 11.8 Å². The lowest BCUT2D eigenvalue weighted by Gasteiger charge is -2.27. The van der Waals surface area contributed by atoms with Crippen molar-refractivity contribution in [2.75, 3.05) is 25.4 Å². The standard InChI is InChI=1S/C15H22N2OS/c1-3-17(13-8-9-16-10-13)15(18)11-19-14-6-4-12(2)5-7-14/h4-7,13,16H,3,8-11H2,1-2H3. The maximum absolute atomic E-state index is 12.3. The van der Waals surface area contributed by atoms with Crippen molar-refractivity contribution in [1.82, 2.24) is 10.2 Å². The molecule has 0 bridgehead atoms. The number of carbonyl (C=O) groups is 1. The van der Waals surface area contributed by atoms with E-state index in [0.717, 1.165) is 26.1 Å². The Morgan fingerprint density at radius 2 is 2.16 bits per heavy atom.